The van der Waals surface area contributed by atoms with E-state index < -0.39 is 9.84 Å². The number of sulfone groups is 1. The Balaban J connectivity index is 1.80. The summed E-state index contributed by atoms with van der Waals surface area (Å²) in [5.74, 6) is 0.430. The first kappa shape index (κ1) is 20.5. The van der Waals surface area contributed by atoms with Crippen LogP contribution in [-0.4, -0.2) is 60.9 Å². The molecule has 0 aliphatic carbocycles. The molecule has 0 aromatic carbocycles. The van der Waals surface area contributed by atoms with E-state index in [4.69, 9.17) is 14.1 Å². The van der Waals surface area contributed by atoms with E-state index in [1.54, 1.807) is 36.9 Å². The molecule has 0 bridgehead atoms. The van der Waals surface area contributed by atoms with Crippen molar-refractivity contribution >= 4 is 26.8 Å². The van der Waals surface area contributed by atoms with Crippen LogP contribution in [-0.2, 0) is 14.6 Å². The summed E-state index contributed by atoms with van der Waals surface area (Å²) in [5, 5.41) is 8.10. The minimum Gasteiger partial charge on any atom is -0.463 e. The average Bonchev–Trinajstić information content (AvgIpc) is 3.44. The highest BCUT2D eigenvalue weighted by Crippen LogP contribution is 2.32. The Bertz CT molecular complexity index is 1170. The molecule has 4 heterocycles. The smallest absolute Gasteiger partial charge is 0.252 e. The molecule has 1 amide bonds. The Kier molecular flexibility index (Phi) is 5.61. The van der Waals surface area contributed by atoms with Crippen LogP contribution in [0.2, 0.25) is 0 Å². The van der Waals surface area contributed by atoms with Crippen molar-refractivity contribution in [1.82, 2.24) is 20.1 Å². The molecule has 4 rings (SSSR count). The van der Waals surface area contributed by atoms with Gasteiger partial charge in [-0.2, -0.15) is 5.10 Å². The standard InChI is InChI=1S/C20H24N4O5S/c1-13-18-15(20(25)21-7-4-8-28-2)11-16(17-5-3-9-29-17)22-19(18)24(23-13)14-6-10-30(26,27)12-14/h3,5,9,11,14H,4,6-8,10,12H2,1-2H3,(H,21,25). The Labute approximate surface area is 174 Å². The topological polar surface area (TPSA) is 116 Å². The van der Waals surface area contributed by atoms with Gasteiger partial charge in [-0.15, -0.1) is 0 Å². The zero-order valence-corrected chi connectivity index (χ0v) is 17.7. The number of hydrogen-bond acceptors (Lipinski definition) is 7. The number of fused-ring (bicyclic) bond motifs is 1. The van der Waals surface area contributed by atoms with Crippen molar-refractivity contribution in [2.24, 2.45) is 0 Å². The molecule has 0 radical (unpaired) electrons. The van der Waals surface area contributed by atoms with Crippen LogP contribution in [0.5, 0.6) is 0 Å². The van der Waals surface area contributed by atoms with Gasteiger partial charge in [-0.3, -0.25) is 4.79 Å². The van der Waals surface area contributed by atoms with Crippen molar-refractivity contribution < 1.29 is 22.4 Å². The number of carbonyl (C=O) groups is 1. The molecule has 10 heteroatoms. The summed E-state index contributed by atoms with van der Waals surface area (Å²) < 4.78 is 36.2. The van der Waals surface area contributed by atoms with E-state index in [0.29, 0.717) is 59.7 Å². The number of aryl methyl sites for hydroxylation is 1. The molecule has 0 spiro atoms. The van der Waals surface area contributed by atoms with Crippen LogP contribution in [0.3, 0.4) is 0 Å². The van der Waals surface area contributed by atoms with Crippen LogP contribution < -0.4 is 5.32 Å². The second-order valence-electron chi connectivity index (χ2n) is 7.42. The van der Waals surface area contributed by atoms with Crippen LogP contribution in [0.1, 0.15) is 34.9 Å². The van der Waals surface area contributed by atoms with E-state index in [2.05, 4.69) is 10.4 Å². The molecule has 1 N–H and O–H groups in total. The fourth-order valence-corrected chi connectivity index (χ4v) is 5.47. The van der Waals surface area contributed by atoms with Gasteiger partial charge in [0.25, 0.3) is 5.91 Å². The lowest BCUT2D eigenvalue weighted by Gasteiger charge is -2.11. The van der Waals surface area contributed by atoms with Gasteiger partial charge in [0, 0.05) is 20.3 Å². The first-order valence-corrected chi connectivity index (χ1v) is 11.6. The van der Waals surface area contributed by atoms with Crippen molar-refractivity contribution in [3.05, 3.63) is 35.7 Å². The summed E-state index contributed by atoms with van der Waals surface area (Å²) in [6.07, 6.45) is 2.71. The first-order valence-electron chi connectivity index (χ1n) is 9.81. The normalized spacial score (nSPS) is 18.1. The summed E-state index contributed by atoms with van der Waals surface area (Å²) in [4.78, 5) is 17.7. The van der Waals surface area contributed by atoms with Gasteiger partial charge in [0.2, 0.25) is 0 Å². The molecular weight excluding hydrogens is 408 g/mol. The second kappa shape index (κ2) is 8.19. The van der Waals surface area contributed by atoms with Gasteiger partial charge in [0.15, 0.2) is 21.2 Å². The van der Waals surface area contributed by atoms with Crippen LogP contribution >= 0.6 is 0 Å². The third-order valence-corrected chi connectivity index (χ3v) is 6.97. The molecule has 160 valence electrons. The molecule has 1 aliphatic heterocycles. The summed E-state index contributed by atoms with van der Waals surface area (Å²) in [6.45, 7) is 2.83. The highest BCUT2D eigenvalue weighted by Gasteiger charge is 2.32. The lowest BCUT2D eigenvalue weighted by Crippen LogP contribution is -2.25. The number of ether oxygens (including phenoxy) is 1. The molecule has 1 unspecified atom stereocenters. The summed E-state index contributed by atoms with van der Waals surface area (Å²) in [7, 11) is -1.48. The highest BCUT2D eigenvalue weighted by atomic mass is 32.2. The van der Waals surface area contributed by atoms with E-state index >= 15 is 0 Å². The largest absolute Gasteiger partial charge is 0.463 e. The lowest BCUT2D eigenvalue weighted by atomic mass is 10.1. The molecule has 3 aromatic rings. The number of methoxy groups -OCH3 is 1. The summed E-state index contributed by atoms with van der Waals surface area (Å²) in [5.41, 5.74) is 2.06. The fraction of sp³-hybridized carbons (Fsp3) is 0.450. The minimum absolute atomic E-state index is 0.0222. The maximum Gasteiger partial charge on any atom is 0.252 e. The summed E-state index contributed by atoms with van der Waals surface area (Å²) in [6, 6.07) is 4.90. The minimum atomic E-state index is -3.10. The zero-order valence-electron chi connectivity index (χ0n) is 16.9. The van der Waals surface area contributed by atoms with Gasteiger partial charge in [-0.1, -0.05) is 0 Å². The van der Waals surface area contributed by atoms with Crippen LogP contribution in [0.15, 0.2) is 28.9 Å². The average molecular weight is 433 g/mol. The predicted octanol–water partition coefficient (Wildman–Crippen LogP) is 2.13. The predicted molar refractivity (Wildman–Crippen MR) is 111 cm³/mol. The Morgan fingerprint density at radius 2 is 2.27 bits per heavy atom. The molecular formula is C20H24N4O5S. The Morgan fingerprint density at radius 3 is 2.93 bits per heavy atom. The van der Waals surface area contributed by atoms with Gasteiger partial charge in [0.05, 0.1) is 40.5 Å². The third kappa shape index (κ3) is 3.97. The lowest BCUT2D eigenvalue weighted by molar-refractivity contribution is 0.0950. The number of furan rings is 1. The van der Waals surface area contributed by atoms with Gasteiger partial charge in [0.1, 0.15) is 5.69 Å². The highest BCUT2D eigenvalue weighted by molar-refractivity contribution is 7.91. The van der Waals surface area contributed by atoms with Crippen molar-refractivity contribution in [3.8, 4) is 11.5 Å². The molecule has 9 nitrogen and oxygen atoms in total. The molecule has 1 aliphatic rings. The van der Waals surface area contributed by atoms with Crippen molar-refractivity contribution in [3.63, 3.8) is 0 Å². The number of nitrogens with one attached hydrogen (secondary N) is 1. The SMILES string of the molecule is COCCCNC(=O)c1cc(-c2ccco2)nc2c1c(C)nn2C1CCS(=O)(=O)C1. The van der Waals surface area contributed by atoms with Gasteiger partial charge >= 0.3 is 0 Å². The van der Waals surface area contributed by atoms with Crippen LogP contribution in [0.25, 0.3) is 22.5 Å². The van der Waals surface area contributed by atoms with E-state index in [-0.39, 0.29) is 23.5 Å². The number of rotatable bonds is 7. The Morgan fingerprint density at radius 1 is 1.43 bits per heavy atom. The molecule has 0 saturated carbocycles. The number of aromatic nitrogens is 3. The second-order valence-corrected chi connectivity index (χ2v) is 9.65. The van der Waals surface area contributed by atoms with Gasteiger partial charge < -0.3 is 14.5 Å². The van der Waals surface area contributed by atoms with E-state index in [1.807, 2.05) is 0 Å². The number of amides is 1. The molecule has 30 heavy (non-hydrogen) atoms. The maximum absolute atomic E-state index is 13.0. The first-order chi connectivity index (χ1) is 14.4. The summed E-state index contributed by atoms with van der Waals surface area (Å²) >= 11 is 0. The van der Waals surface area contributed by atoms with E-state index in [9.17, 15) is 13.2 Å². The third-order valence-electron chi connectivity index (χ3n) is 5.22. The van der Waals surface area contributed by atoms with E-state index in [0.717, 1.165) is 0 Å². The van der Waals surface area contributed by atoms with E-state index in [1.165, 1.54) is 6.26 Å². The number of carbonyl (C=O) groups excluding carboxylic acids is 1. The van der Waals surface area contributed by atoms with Crippen molar-refractivity contribution in [1.29, 1.82) is 0 Å². The van der Waals surface area contributed by atoms with Crippen molar-refractivity contribution in [2.45, 2.75) is 25.8 Å². The number of hydrogen-bond donors (Lipinski definition) is 1. The quantitative estimate of drug-likeness (QED) is 0.569. The molecule has 1 fully saturated rings. The molecule has 3 aromatic heterocycles. The van der Waals surface area contributed by atoms with Gasteiger partial charge in [-0.25, -0.2) is 18.1 Å². The Hall–Kier alpha value is -2.72. The maximum atomic E-state index is 13.0. The fourth-order valence-electron chi connectivity index (χ4n) is 3.78. The van der Waals surface area contributed by atoms with Crippen molar-refractivity contribution in [2.75, 3.05) is 31.8 Å². The van der Waals surface area contributed by atoms with Crippen LogP contribution in [0, 0.1) is 6.92 Å². The molecule has 1 atom stereocenters. The zero-order chi connectivity index (χ0) is 21.3. The number of pyridine rings is 1. The number of nitrogens with zero attached hydrogens (tertiary/aromatic N) is 3. The van der Waals surface area contributed by atoms with Crippen LogP contribution in [0.4, 0.5) is 0 Å². The molecule has 1 saturated heterocycles. The monoisotopic (exact) mass is 432 g/mol. The van der Waals surface area contributed by atoms with Gasteiger partial charge in [-0.05, 0) is 38.0 Å².